The Kier molecular flexibility index (Phi) is 5.14. The van der Waals surface area contributed by atoms with Crippen LogP contribution in [0.5, 0.6) is 5.75 Å². The Balaban J connectivity index is 2.20. The number of carbonyl (C=O) groups is 1. The maximum atomic E-state index is 12.6. The van der Waals surface area contributed by atoms with Crippen LogP contribution in [-0.4, -0.2) is 17.6 Å². The van der Waals surface area contributed by atoms with Crippen molar-refractivity contribution >= 4 is 50.7 Å². The Labute approximate surface area is 158 Å². The number of terminal acetylenes is 1. The molecule has 0 fully saturated rings. The van der Waals surface area contributed by atoms with Crippen LogP contribution in [0.1, 0.15) is 10.4 Å². The van der Waals surface area contributed by atoms with Crippen LogP contribution in [0.3, 0.4) is 0 Å². The Hall–Kier alpha value is -2.26. The van der Waals surface area contributed by atoms with E-state index in [9.17, 15) is 4.79 Å². The molecule has 0 aliphatic heterocycles. The minimum Gasteiger partial charge on any atom is -0.495 e. The van der Waals surface area contributed by atoms with Gasteiger partial charge in [0.25, 0.3) is 5.91 Å². The molecule has 0 aliphatic carbocycles. The number of hydrogen-bond donors (Lipinski definition) is 0. The Morgan fingerprint density at radius 1 is 1.36 bits per heavy atom. The summed E-state index contributed by atoms with van der Waals surface area (Å²) in [4.78, 5) is 17.2. The summed E-state index contributed by atoms with van der Waals surface area (Å²) in [6.45, 7) is 0.265. The fourth-order valence-electron chi connectivity index (χ4n) is 2.40. The lowest BCUT2D eigenvalue weighted by Gasteiger charge is -2.05. The summed E-state index contributed by atoms with van der Waals surface area (Å²) in [5, 5.41) is 0.707. The second-order valence-corrected chi connectivity index (χ2v) is 6.88. The number of nitrogens with zero attached hydrogens (tertiary/aromatic N) is 2. The molecule has 0 radical (unpaired) electrons. The van der Waals surface area contributed by atoms with Crippen LogP contribution in [0.2, 0.25) is 10.0 Å². The average Bonchev–Trinajstić information content (AvgIpc) is 2.92. The molecule has 3 aromatic rings. The van der Waals surface area contributed by atoms with Crippen LogP contribution in [0.25, 0.3) is 10.2 Å². The van der Waals surface area contributed by atoms with Crippen molar-refractivity contribution in [2.75, 3.05) is 7.11 Å². The standard InChI is InChI=1S/C18H12Cl2N2O2S/c1-3-9-22-16-14(24-2)5-4-6-15(16)25-18(22)21-17(23)12-8-7-11(19)10-13(12)20/h1,4-8,10H,9H2,2H3. The number of benzene rings is 2. The van der Waals surface area contributed by atoms with Gasteiger partial charge < -0.3 is 9.30 Å². The lowest BCUT2D eigenvalue weighted by molar-refractivity contribution is 0.0998. The van der Waals surface area contributed by atoms with Crippen LogP contribution in [0, 0.1) is 12.3 Å². The molecule has 1 heterocycles. The molecule has 1 amide bonds. The summed E-state index contributed by atoms with van der Waals surface area (Å²) in [7, 11) is 1.59. The molecule has 0 aliphatic rings. The van der Waals surface area contributed by atoms with Crippen LogP contribution in [0.4, 0.5) is 0 Å². The molecule has 0 bridgehead atoms. The van der Waals surface area contributed by atoms with Gasteiger partial charge in [-0.3, -0.25) is 4.79 Å². The number of fused-ring (bicyclic) bond motifs is 1. The first-order chi connectivity index (χ1) is 12.0. The molecule has 0 saturated heterocycles. The number of carbonyl (C=O) groups excluding carboxylic acids is 1. The first-order valence-corrected chi connectivity index (χ1v) is 8.76. The van der Waals surface area contributed by atoms with Crippen molar-refractivity contribution in [3.8, 4) is 18.1 Å². The number of aromatic nitrogens is 1. The van der Waals surface area contributed by atoms with E-state index in [1.54, 1.807) is 23.8 Å². The number of halogens is 2. The van der Waals surface area contributed by atoms with Crippen molar-refractivity contribution in [1.29, 1.82) is 0 Å². The molecule has 4 nitrogen and oxygen atoms in total. The van der Waals surface area contributed by atoms with E-state index in [4.69, 9.17) is 34.4 Å². The third-order valence-electron chi connectivity index (χ3n) is 3.49. The zero-order valence-corrected chi connectivity index (χ0v) is 15.5. The van der Waals surface area contributed by atoms with Crippen LogP contribution < -0.4 is 9.54 Å². The Morgan fingerprint density at radius 3 is 2.84 bits per heavy atom. The van der Waals surface area contributed by atoms with E-state index in [-0.39, 0.29) is 17.1 Å². The highest BCUT2D eigenvalue weighted by molar-refractivity contribution is 7.16. The van der Waals surface area contributed by atoms with E-state index in [2.05, 4.69) is 10.9 Å². The van der Waals surface area contributed by atoms with Gasteiger partial charge in [-0.1, -0.05) is 46.5 Å². The third kappa shape index (κ3) is 3.42. The molecule has 0 unspecified atom stereocenters. The number of ether oxygens (including phenoxy) is 1. The highest BCUT2D eigenvalue weighted by Crippen LogP contribution is 2.27. The zero-order chi connectivity index (χ0) is 18.0. The van der Waals surface area contributed by atoms with E-state index < -0.39 is 5.91 Å². The molecule has 0 saturated carbocycles. The van der Waals surface area contributed by atoms with Crippen molar-refractivity contribution in [2.45, 2.75) is 6.54 Å². The lowest BCUT2D eigenvalue weighted by Crippen LogP contribution is -2.17. The van der Waals surface area contributed by atoms with E-state index >= 15 is 0 Å². The lowest BCUT2D eigenvalue weighted by atomic mass is 10.2. The number of hydrogen-bond acceptors (Lipinski definition) is 3. The second-order valence-electron chi connectivity index (χ2n) is 5.02. The maximum Gasteiger partial charge on any atom is 0.281 e. The van der Waals surface area contributed by atoms with Crippen molar-refractivity contribution in [3.05, 3.63) is 56.8 Å². The number of thiazole rings is 1. The van der Waals surface area contributed by atoms with E-state index in [0.717, 1.165) is 10.2 Å². The van der Waals surface area contributed by atoms with Crippen LogP contribution in [0.15, 0.2) is 41.4 Å². The molecule has 0 spiro atoms. The number of amides is 1. The maximum absolute atomic E-state index is 12.6. The minimum absolute atomic E-state index is 0.253. The zero-order valence-electron chi connectivity index (χ0n) is 13.1. The van der Waals surface area contributed by atoms with Gasteiger partial charge in [-0.25, -0.2) is 0 Å². The molecular weight excluding hydrogens is 379 g/mol. The second kappa shape index (κ2) is 7.32. The predicted molar refractivity (Wildman–Crippen MR) is 102 cm³/mol. The first-order valence-electron chi connectivity index (χ1n) is 7.19. The van der Waals surface area contributed by atoms with Crippen LogP contribution in [-0.2, 0) is 6.54 Å². The van der Waals surface area contributed by atoms with Gasteiger partial charge >= 0.3 is 0 Å². The quantitative estimate of drug-likeness (QED) is 0.622. The highest BCUT2D eigenvalue weighted by atomic mass is 35.5. The minimum atomic E-state index is -0.460. The van der Waals surface area contributed by atoms with Gasteiger partial charge in [-0.15, -0.1) is 6.42 Å². The predicted octanol–water partition coefficient (Wildman–Crippen LogP) is 4.39. The van der Waals surface area contributed by atoms with Crippen molar-refractivity contribution in [3.63, 3.8) is 0 Å². The normalized spacial score (nSPS) is 11.5. The van der Waals surface area contributed by atoms with E-state index in [1.165, 1.54) is 17.4 Å². The molecule has 2 aromatic carbocycles. The van der Waals surface area contributed by atoms with Gasteiger partial charge in [-0.2, -0.15) is 4.99 Å². The number of rotatable bonds is 3. The summed E-state index contributed by atoms with van der Waals surface area (Å²) in [6.07, 6.45) is 5.48. The Bertz CT molecular complexity index is 1080. The first kappa shape index (κ1) is 17.6. The molecule has 3 rings (SSSR count). The topological polar surface area (TPSA) is 43.6 Å². The number of methoxy groups -OCH3 is 1. The molecule has 7 heteroatoms. The monoisotopic (exact) mass is 390 g/mol. The van der Waals surface area contributed by atoms with Crippen LogP contribution >= 0.6 is 34.5 Å². The fourth-order valence-corrected chi connectivity index (χ4v) is 3.93. The highest BCUT2D eigenvalue weighted by Gasteiger charge is 2.14. The van der Waals surface area contributed by atoms with Gasteiger partial charge in [0.2, 0.25) is 0 Å². The van der Waals surface area contributed by atoms with Crippen molar-refractivity contribution in [1.82, 2.24) is 4.57 Å². The summed E-state index contributed by atoms with van der Waals surface area (Å²) in [6, 6.07) is 10.3. The molecule has 126 valence electrons. The van der Waals surface area contributed by atoms with Crippen molar-refractivity contribution < 1.29 is 9.53 Å². The summed E-state index contributed by atoms with van der Waals surface area (Å²) in [5.41, 5.74) is 1.09. The van der Waals surface area contributed by atoms with Gasteiger partial charge in [-0.05, 0) is 30.3 Å². The molecule has 0 N–H and O–H groups in total. The Morgan fingerprint density at radius 2 is 2.16 bits per heavy atom. The largest absolute Gasteiger partial charge is 0.495 e. The molecule has 25 heavy (non-hydrogen) atoms. The average molecular weight is 391 g/mol. The number of para-hydroxylation sites is 1. The third-order valence-corrected chi connectivity index (χ3v) is 5.08. The van der Waals surface area contributed by atoms with Crippen molar-refractivity contribution in [2.24, 2.45) is 4.99 Å². The van der Waals surface area contributed by atoms with E-state index in [1.807, 2.05) is 18.2 Å². The van der Waals surface area contributed by atoms with Gasteiger partial charge in [0.1, 0.15) is 11.3 Å². The summed E-state index contributed by atoms with van der Waals surface area (Å²) < 4.78 is 8.10. The molecular formula is C18H12Cl2N2O2S. The smallest absolute Gasteiger partial charge is 0.281 e. The molecule has 1 aromatic heterocycles. The van der Waals surface area contributed by atoms with E-state index in [0.29, 0.717) is 15.6 Å². The van der Waals surface area contributed by atoms with Gasteiger partial charge in [0.05, 0.1) is 28.9 Å². The SMILES string of the molecule is C#CCn1c(=NC(=O)c2ccc(Cl)cc2Cl)sc2cccc(OC)c21. The summed E-state index contributed by atoms with van der Waals surface area (Å²) >= 11 is 13.3. The van der Waals surface area contributed by atoms with Gasteiger partial charge in [0.15, 0.2) is 4.80 Å². The van der Waals surface area contributed by atoms with Gasteiger partial charge in [0, 0.05) is 5.02 Å². The summed E-state index contributed by atoms with van der Waals surface area (Å²) in [5.74, 6) is 2.79. The molecule has 0 atom stereocenters. The fraction of sp³-hybridized carbons (Fsp3) is 0.111.